The van der Waals surface area contributed by atoms with E-state index in [1.807, 2.05) is 36.1 Å². The molecule has 0 unspecified atom stereocenters. The lowest BCUT2D eigenvalue weighted by atomic mass is 10.0. The zero-order valence-electron chi connectivity index (χ0n) is 12.0. The monoisotopic (exact) mass is 261 g/mol. The Morgan fingerprint density at radius 1 is 1.21 bits per heavy atom. The number of aryl methyl sites for hydroxylation is 1. The molecule has 104 valence electrons. The largest absolute Gasteiger partial charge is 0.324 e. The number of hydrogen-bond donors (Lipinski definition) is 1. The molecule has 1 fully saturated rings. The predicted molar refractivity (Wildman–Crippen MR) is 78.5 cm³/mol. The molecule has 2 rings (SSSR count). The minimum Gasteiger partial charge on any atom is -0.324 e. The lowest BCUT2D eigenvalue weighted by Gasteiger charge is -2.35. The van der Waals surface area contributed by atoms with E-state index in [2.05, 4.69) is 24.3 Å². The summed E-state index contributed by atoms with van der Waals surface area (Å²) < 4.78 is 0. The van der Waals surface area contributed by atoms with Crippen molar-refractivity contribution in [1.29, 1.82) is 0 Å². The van der Waals surface area contributed by atoms with Gasteiger partial charge in [-0.2, -0.15) is 0 Å². The molecule has 0 aromatic heterocycles. The van der Waals surface area contributed by atoms with Crippen molar-refractivity contribution in [1.82, 2.24) is 9.80 Å². The van der Waals surface area contributed by atoms with Gasteiger partial charge in [-0.15, -0.1) is 0 Å². The number of carbonyl (C=O) groups is 1. The van der Waals surface area contributed by atoms with Gasteiger partial charge >= 0.3 is 6.03 Å². The summed E-state index contributed by atoms with van der Waals surface area (Å²) in [5.74, 6) is 0. The van der Waals surface area contributed by atoms with E-state index in [0.717, 1.165) is 31.6 Å². The normalized spacial score (nSPS) is 16.7. The summed E-state index contributed by atoms with van der Waals surface area (Å²) in [7, 11) is 4.21. The summed E-state index contributed by atoms with van der Waals surface area (Å²) >= 11 is 0. The summed E-state index contributed by atoms with van der Waals surface area (Å²) in [6.07, 6.45) is 2.10. The zero-order valence-corrected chi connectivity index (χ0v) is 12.0. The Bertz CT molecular complexity index is 420. The quantitative estimate of drug-likeness (QED) is 0.888. The first kappa shape index (κ1) is 13.9. The third-order valence-electron chi connectivity index (χ3n) is 3.78. The SMILES string of the molecule is Cc1ccc(NC(=O)N2CCC(N(C)C)CC2)cc1. The van der Waals surface area contributed by atoms with E-state index in [4.69, 9.17) is 0 Å². The molecule has 2 amide bonds. The van der Waals surface area contributed by atoms with E-state index < -0.39 is 0 Å². The fraction of sp³-hybridized carbons (Fsp3) is 0.533. The van der Waals surface area contributed by atoms with Crippen LogP contribution >= 0.6 is 0 Å². The fourth-order valence-corrected chi connectivity index (χ4v) is 2.42. The van der Waals surface area contributed by atoms with E-state index in [9.17, 15) is 4.79 Å². The number of carbonyl (C=O) groups excluding carboxylic acids is 1. The van der Waals surface area contributed by atoms with Crippen LogP contribution in [0.4, 0.5) is 10.5 Å². The third kappa shape index (κ3) is 3.70. The summed E-state index contributed by atoms with van der Waals surface area (Å²) in [5.41, 5.74) is 2.06. The molecule has 0 saturated carbocycles. The van der Waals surface area contributed by atoms with Crippen molar-refractivity contribution in [3.8, 4) is 0 Å². The molecule has 0 spiro atoms. The van der Waals surface area contributed by atoms with E-state index in [1.165, 1.54) is 5.56 Å². The molecule has 0 bridgehead atoms. The second kappa shape index (κ2) is 6.06. The highest BCUT2D eigenvalue weighted by Crippen LogP contribution is 2.16. The van der Waals surface area contributed by atoms with Gasteiger partial charge in [-0.1, -0.05) is 17.7 Å². The Morgan fingerprint density at radius 2 is 1.79 bits per heavy atom. The number of nitrogens with one attached hydrogen (secondary N) is 1. The van der Waals surface area contributed by atoms with Gasteiger partial charge in [0.05, 0.1) is 0 Å². The molecule has 4 heteroatoms. The highest BCUT2D eigenvalue weighted by molar-refractivity contribution is 5.89. The minimum atomic E-state index is 0.0149. The van der Waals surface area contributed by atoms with Crippen LogP contribution in [-0.2, 0) is 0 Å². The summed E-state index contributed by atoms with van der Waals surface area (Å²) in [5, 5.41) is 2.96. The maximum absolute atomic E-state index is 12.1. The average molecular weight is 261 g/mol. The van der Waals surface area contributed by atoms with Crippen LogP contribution in [0.15, 0.2) is 24.3 Å². The Balaban J connectivity index is 1.86. The second-order valence-electron chi connectivity index (χ2n) is 5.48. The lowest BCUT2D eigenvalue weighted by Crippen LogP contribution is -2.46. The number of rotatable bonds is 2. The molecule has 0 atom stereocenters. The molecule has 0 radical (unpaired) electrons. The van der Waals surface area contributed by atoms with Crippen LogP contribution in [0.3, 0.4) is 0 Å². The van der Waals surface area contributed by atoms with Crippen molar-refractivity contribution in [3.63, 3.8) is 0 Å². The number of amides is 2. The van der Waals surface area contributed by atoms with Gasteiger partial charge in [-0.3, -0.25) is 0 Å². The van der Waals surface area contributed by atoms with Crippen LogP contribution in [-0.4, -0.2) is 49.1 Å². The van der Waals surface area contributed by atoms with Gasteiger partial charge in [-0.25, -0.2) is 4.79 Å². The molecule has 1 aliphatic rings. The first-order chi connectivity index (χ1) is 9.06. The zero-order chi connectivity index (χ0) is 13.8. The van der Waals surface area contributed by atoms with Crippen LogP contribution in [0, 0.1) is 6.92 Å². The first-order valence-electron chi connectivity index (χ1n) is 6.85. The molecule has 1 aromatic rings. The van der Waals surface area contributed by atoms with Crippen LogP contribution in [0.5, 0.6) is 0 Å². The smallest absolute Gasteiger partial charge is 0.321 e. The average Bonchev–Trinajstić information content (AvgIpc) is 2.41. The summed E-state index contributed by atoms with van der Waals surface area (Å²) in [4.78, 5) is 16.3. The van der Waals surface area contributed by atoms with Gasteiger partial charge in [0.25, 0.3) is 0 Å². The maximum atomic E-state index is 12.1. The standard InChI is InChI=1S/C15H23N3O/c1-12-4-6-13(7-5-12)16-15(19)18-10-8-14(9-11-18)17(2)3/h4-7,14H,8-11H2,1-3H3,(H,16,19). The van der Waals surface area contributed by atoms with Crippen molar-refractivity contribution in [2.45, 2.75) is 25.8 Å². The Kier molecular flexibility index (Phi) is 4.43. The van der Waals surface area contributed by atoms with Gasteiger partial charge in [0, 0.05) is 24.8 Å². The fourth-order valence-electron chi connectivity index (χ4n) is 2.42. The predicted octanol–water partition coefficient (Wildman–Crippen LogP) is 2.55. The maximum Gasteiger partial charge on any atom is 0.321 e. The molecular weight excluding hydrogens is 238 g/mol. The van der Waals surface area contributed by atoms with E-state index in [1.54, 1.807) is 0 Å². The molecule has 4 nitrogen and oxygen atoms in total. The summed E-state index contributed by atoms with van der Waals surface area (Å²) in [6, 6.07) is 8.52. The van der Waals surface area contributed by atoms with E-state index in [0.29, 0.717) is 6.04 Å². The first-order valence-corrected chi connectivity index (χ1v) is 6.85. The highest BCUT2D eigenvalue weighted by Gasteiger charge is 2.23. The molecule has 0 aliphatic carbocycles. The number of likely N-dealkylation sites (tertiary alicyclic amines) is 1. The number of urea groups is 1. The van der Waals surface area contributed by atoms with Crippen LogP contribution in [0.25, 0.3) is 0 Å². The third-order valence-corrected chi connectivity index (χ3v) is 3.78. The molecule has 1 saturated heterocycles. The van der Waals surface area contributed by atoms with Crippen molar-refractivity contribution in [2.75, 3.05) is 32.5 Å². The van der Waals surface area contributed by atoms with Gasteiger partial charge in [0.2, 0.25) is 0 Å². The highest BCUT2D eigenvalue weighted by atomic mass is 16.2. The molecule has 1 N–H and O–H groups in total. The Hall–Kier alpha value is -1.55. The molecule has 1 aliphatic heterocycles. The van der Waals surface area contributed by atoms with Crippen molar-refractivity contribution >= 4 is 11.7 Å². The van der Waals surface area contributed by atoms with E-state index in [-0.39, 0.29) is 6.03 Å². The van der Waals surface area contributed by atoms with Crippen molar-refractivity contribution in [3.05, 3.63) is 29.8 Å². The molecular formula is C15H23N3O. The van der Waals surface area contributed by atoms with Crippen LogP contribution < -0.4 is 5.32 Å². The number of benzene rings is 1. The van der Waals surface area contributed by atoms with Crippen LogP contribution in [0.2, 0.25) is 0 Å². The van der Waals surface area contributed by atoms with Gasteiger partial charge in [0.15, 0.2) is 0 Å². The van der Waals surface area contributed by atoms with Gasteiger partial charge in [-0.05, 0) is 46.0 Å². The minimum absolute atomic E-state index is 0.0149. The number of anilines is 1. The Labute approximate surface area is 115 Å². The van der Waals surface area contributed by atoms with Crippen LogP contribution in [0.1, 0.15) is 18.4 Å². The topological polar surface area (TPSA) is 35.6 Å². The van der Waals surface area contributed by atoms with Gasteiger partial charge < -0.3 is 15.1 Å². The summed E-state index contributed by atoms with van der Waals surface area (Å²) in [6.45, 7) is 3.71. The van der Waals surface area contributed by atoms with Crippen molar-refractivity contribution in [2.24, 2.45) is 0 Å². The lowest BCUT2D eigenvalue weighted by molar-refractivity contribution is 0.156. The molecule has 1 heterocycles. The van der Waals surface area contributed by atoms with E-state index >= 15 is 0 Å². The van der Waals surface area contributed by atoms with Gasteiger partial charge in [0.1, 0.15) is 0 Å². The number of hydrogen-bond acceptors (Lipinski definition) is 2. The number of nitrogens with zero attached hydrogens (tertiary/aromatic N) is 2. The molecule has 1 aromatic carbocycles. The van der Waals surface area contributed by atoms with Crippen molar-refractivity contribution < 1.29 is 4.79 Å². The molecule has 19 heavy (non-hydrogen) atoms. The Morgan fingerprint density at radius 3 is 2.32 bits per heavy atom. The second-order valence-corrected chi connectivity index (χ2v) is 5.48. The number of piperidine rings is 1.